The molecule has 0 aliphatic carbocycles. The Bertz CT molecular complexity index is 2090. The second kappa shape index (κ2) is 30.7. The van der Waals surface area contributed by atoms with Crippen LogP contribution in [0.1, 0.15) is 147 Å². The first-order valence-corrected chi connectivity index (χ1v) is 25.9. The zero-order chi connectivity index (χ0) is 57.6. The summed E-state index contributed by atoms with van der Waals surface area (Å²) in [4.78, 5) is 45.8. The summed E-state index contributed by atoms with van der Waals surface area (Å²) in [6.07, 6.45) is 6.88. The molecule has 0 aromatic rings. The number of aliphatic carboxylic acids is 1. The summed E-state index contributed by atoms with van der Waals surface area (Å²) >= 11 is 4.72. The van der Waals surface area contributed by atoms with E-state index in [1.807, 2.05) is 67.5 Å². The van der Waals surface area contributed by atoms with Gasteiger partial charge in [-0.05, 0) is 155 Å². The Hall–Kier alpha value is -2.30. The van der Waals surface area contributed by atoms with Gasteiger partial charge in [-0.15, -0.1) is 0 Å². The molecular weight excluding hydrogens is 1020 g/mol. The largest absolute Gasteiger partial charge is 1.00 e. The number of carbonyl (C=O) groups excluding carboxylic acids is 3. The van der Waals surface area contributed by atoms with E-state index >= 15 is 0 Å². The molecule has 74 heavy (non-hydrogen) atoms. The quantitative estimate of drug-likeness (QED) is 0.0400. The monoisotopic (exact) mass is 1110 g/mol. The van der Waals surface area contributed by atoms with E-state index in [1.54, 1.807) is 81.4 Å². The first-order valence-electron chi connectivity index (χ1n) is 23.7. The third-order valence-corrected chi connectivity index (χ3v) is 13.0. The molecule has 3 radical (unpaired) electrons. The Morgan fingerprint density at radius 2 is 0.919 bits per heavy atom. The number of halogens is 1. The van der Waals surface area contributed by atoms with Gasteiger partial charge in [0.15, 0.2) is 0 Å². The molecule has 0 atom stereocenters. The molecule has 4 aliphatic heterocycles. The Kier molecular flexibility index (Phi) is 32.5. The number of esters is 1. The van der Waals surface area contributed by atoms with Crippen LogP contribution in [0.4, 0.5) is 9.59 Å². The van der Waals surface area contributed by atoms with E-state index in [0.717, 1.165) is 27.5 Å². The van der Waals surface area contributed by atoms with Gasteiger partial charge in [-0.2, -0.15) is 28.7 Å². The number of ether oxygens (including phenoxy) is 3. The van der Waals surface area contributed by atoms with Crippen LogP contribution in [0.3, 0.4) is 0 Å². The maximum atomic E-state index is 11.9. The van der Waals surface area contributed by atoms with Crippen molar-refractivity contribution in [2.75, 3.05) is 52.3 Å². The van der Waals surface area contributed by atoms with Crippen molar-refractivity contribution < 1.29 is 108 Å². The predicted octanol–water partition coefficient (Wildman–Crippen LogP) is 4.92. The Labute approximate surface area is 472 Å². The van der Waals surface area contributed by atoms with Crippen LogP contribution < -0.4 is 29.6 Å². The summed E-state index contributed by atoms with van der Waals surface area (Å²) < 4.78 is 39.8. The number of hydrogen-bond acceptors (Lipinski definition) is 20. The summed E-state index contributed by atoms with van der Waals surface area (Å²) in [6.45, 7) is 42.6. The standard InChI is InChI=1S/C12H19NO5.C10H19NO4S.C9H15NO3.C9H17NO2.C6H15N.C3H5ClO2.B.Na.H/c1-6-17-10(15)18-9(14)8-7-11(2,3)13(16)12(8,4)5;1-9(2)6-8(7-15-16(5,13)14)10(3,4)11(9)12;1-8(2)5-6(7(11)12)9(3,4)10(8)13;1-8(2)5-7(6-11)9(3,4)10(8)12;1-4-7(5-2)6-3;1-2-6-3(4)5;;;/h7,16H,6H2,1-5H3;6,12H,7H2,1-5H3;5,13H,1-4H3,(H,11,12);5,11-12H,6H2,1-4H3;4-6H2,1-3H3;2H2,1H3;;;/q;;;;;;;+1;-1. The third kappa shape index (κ3) is 22.2. The van der Waals surface area contributed by atoms with E-state index in [1.165, 1.54) is 29.8 Å². The Morgan fingerprint density at radius 1 is 0.595 bits per heavy atom. The molecule has 0 fully saturated rings. The molecular formula is C49H91BClN5NaO16S. The van der Waals surface area contributed by atoms with Gasteiger partial charge in [0.25, 0.3) is 10.1 Å². The Balaban J connectivity index is -0.000000268. The average Bonchev–Trinajstić information content (AvgIpc) is 3.68. The van der Waals surface area contributed by atoms with Crippen LogP contribution in [0.2, 0.25) is 0 Å². The molecule has 25 heteroatoms. The van der Waals surface area contributed by atoms with Crippen molar-refractivity contribution in [3.8, 4) is 0 Å². The fourth-order valence-corrected chi connectivity index (χ4v) is 8.66. The molecule has 4 aliphatic rings. The minimum Gasteiger partial charge on any atom is -1.00 e. The molecule has 21 nitrogen and oxygen atoms in total. The van der Waals surface area contributed by atoms with Crippen molar-refractivity contribution in [2.24, 2.45) is 0 Å². The molecule has 0 spiro atoms. The van der Waals surface area contributed by atoms with Crippen LogP contribution in [0.15, 0.2) is 46.6 Å². The van der Waals surface area contributed by atoms with Gasteiger partial charge in [0, 0.05) is 20.0 Å². The summed E-state index contributed by atoms with van der Waals surface area (Å²) in [7, 11) is -3.46. The van der Waals surface area contributed by atoms with Gasteiger partial charge >= 0.3 is 53.1 Å². The number of hydroxylamine groups is 8. The number of rotatable bonds is 11. The van der Waals surface area contributed by atoms with Crippen molar-refractivity contribution in [1.29, 1.82) is 0 Å². The average molecular weight is 1110 g/mol. The van der Waals surface area contributed by atoms with Gasteiger partial charge in [0.1, 0.15) is 0 Å². The molecule has 6 N–H and O–H groups in total. The minimum atomic E-state index is -3.46. The van der Waals surface area contributed by atoms with E-state index in [9.17, 15) is 48.4 Å². The van der Waals surface area contributed by atoms with E-state index in [0.29, 0.717) is 6.61 Å². The zero-order valence-corrected chi connectivity index (χ0v) is 52.2. The van der Waals surface area contributed by atoms with Gasteiger partial charge in [-0.25, -0.2) is 19.2 Å². The van der Waals surface area contributed by atoms with Gasteiger partial charge < -0.3 is 51.6 Å². The number of carbonyl (C=O) groups is 4. The summed E-state index contributed by atoms with van der Waals surface area (Å²) in [5.74, 6) is -1.78. The van der Waals surface area contributed by atoms with Crippen LogP contribution >= 0.6 is 11.6 Å². The van der Waals surface area contributed by atoms with Crippen LogP contribution in [-0.2, 0) is 38.1 Å². The number of aliphatic hydroxyl groups is 1. The summed E-state index contributed by atoms with van der Waals surface area (Å²) in [5, 5.41) is 62.0. The van der Waals surface area contributed by atoms with Crippen LogP contribution in [0.25, 0.3) is 0 Å². The van der Waals surface area contributed by atoms with Gasteiger partial charge in [-0.3, -0.25) is 4.18 Å². The second-order valence-corrected chi connectivity index (χ2v) is 23.3. The maximum Gasteiger partial charge on any atom is 1.00 e. The predicted molar refractivity (Wildman–Crippen MR) is 281 cm³/mol. The first kappa shape index (κ1) is 78.2. The molecule has 425 valence electrons. The van der Waals surface area contributed by atoms with Crippen LogP contribution in [-0.4, -0.2) is 193 Å². The number of carboxylic acids is 1. The van der Waals surface area contributed by atoms with Gasteiger partial charge in [-0.1, -0.05) is 45.1 Å². The number of aliphatic hydroxyl groups excluding tert-OH is 1. The van der Waals surface area contributed by atoms with Gasteiger partial charge in [0.2, 0.25) is 0 Å². The van der Waals surface area contributed by atoms with E-state index in [2.05, 4.69) is 39.9 Å². The smallest absolute Gasteiger partial charge is 1.00 e. The molecule has 0 bridgehead atoms. The van der Waals surface area contributed by atoms with Crippen LogP contribution in [0, 0.1) is 0 Å². The van der Waals surface area contributed by atoms with Crippen LogP contribution in [0.5, 0.6) is 0 Å². The maximum absolute atomic E-state index is 11.9. The summed E-state index contributed by atoms with van der Waals surface area (Å²) in [5.41, 5.74) is -3.67. The summed E-state index contributed by atoms with van der Waals surface area (Å²) in [6, 6.07) is 0. The molecule has 0 amide bonds. The van der Waals surface area contributed by atoms with Crippen molar-refractivity contribution in [1.82, 2.24) is 25.2 Å². The zero-order valence-electron chi connectivity index (χ0n) is 49.6. The molecule has 4 rings (SSSR count). The molecule has 4 heterocycles. The van der Waals surface area contributed by atoms with Crippen molar-refractivity contribution >= 4 is 53.7 Å². The second-order valence-electron chi connectivity index (χ2n) is 21.3. The fraction of sp³-hybridized carbons (Fsp3) is 0.755. The fourth-order valence-electron chi connectivity index (χ4n) is 8.21. The van der Waals surface area contributed by atoms with Crippen molar-refractivity contribution in [3.63, 3.8) is 0 Å². The molecule has 0 unspecified atom stereocenters. The first-order chi connectivity index (χ1) is 32.2. The molecule has 0 saturated carbocycles. The molecule has 0 aromatic heterocycles. The van der Waals surface area contributed by atoms with Gasteiger partial charge in [0.05, 0.1) is 88.1 Å². The third-order valence-electron chi connectivity index (χ3n) is 12.3. The number of hydrogen-bond donors (Lipinski definition) is 6. The van der Waals surface area contributed by atoms with E-state index in [4.69, 9.17) is 26.0 Å². The number of nitrogens with zero attached hydrogens (tertiary/aromatic N) is 5. The SMILES string of the molecule is CC1(C)C=C(C(=O)O)C(C)(C)N1O.CC1(C)C=C(CO)C(C)(C)N1O.CC1(C)C=C(COS(C)(=O)=O)C(C)(C)N1O.CCN(CC)CC.CCOC(=O)Cl.CCOC(=O)OC(=O)C1=CC(C)(C)N(O)C1(C)C.[B].[H-].[Na+]. The number of carboxylic acid groups (broad SMARTS) is 1. The Morgan fingerprint density at radius 3 is 1.11 bits per heavy atom. The topological polar surface area (TPSA) is 277 Å². The van der Waals surface area contributed by atoms with E-state index in [-0.39, 0.29) is 75.9 Å². The van der Waals surface area contributed by atoms with Crippen molar-refractivity contribution in [3.05, 3.63) is 46.6 Å². The molecule has 0 saturated heterocycles. The minimum absolute atomic E-state index is 0. The van der Waals surface area contributed by atoms with E-state index < -0.39 is 72.4 Å². The normalized spacial score (nSPS) is 21.0. The van der Waals surface area contributed by atoms with Crippen molar-refractivity contribution in [2.45, 2.75) is 190 Å². The molecule has 0 aromatic carbocycles.